The number of benzene rings is 1. The maximum absolute atomic E-state index is 5.52. The first-order valence-corrected chi connectivity index (χ1v) is 11.0. The summed E-state index contributed by atoms with van der Waals surface area (Å²) in [4.78, 5) is 4.82. The predicted molar refractivity (Wildman–Crippen MR) is 114 cm³/mol. The van der Waals surface area contributed by atoms with Crippen LogP contribution in [0.3, 0.4) is 0 Å². The molecule has 27 heavy (non-hydrogen) atoms. The maximum Gasteiger partial charge on any atom is 0.119 e. The van der Waals surface area contributed by atoms with Crippen molar-refractivity contribution in [1.82, 2.24) is 4.98 Å². The Kier molecular flexibility index (Phi) is 7.74. The molecule has 0 radical (unpaired) electrons. The molecule has 0 bridgehead atoms. The van der Waals surface area contributed by atoms with Crippen molar-refractivity contribution in [2.45, 2.75) is 77.6 Å². The fourth-order valence-corrected chi connectivity index (χ4v) is 4.33. The monoisotopic (exact) mass is 365 g/mol. The molecule has 1 aromatic carbocycles. The van der Waals surface area contributed by atoms with E-state index < -0.39 is 0 Å². The normalized spacial score (nSPS) is 19.8. The Morgan fingerprint density at radius 3 is 2.22 bits per heavy atom. The van der Waals surface area contributed by atoms with Crippen molar-refractivity contribution >= 4 is 0 Å². The van der Waals surface area contributed by atoms with Crippen molar-refractivity contribution in [3.63, 3.8) is 0 Å². The van der Waals surface area contributed by atoms with Gasteiger partial charge in [0.25, 0.3) is 0 Å². The summed E-state index contributed by atoms with van der Waals surface area (Å²) in [5.41, 5.74) is 3.67. The number of aromatic nitrogens is 1. The van der Waals surface area contributed by atoms with Gasteiger partial charge in [-0.25, -0.2) is 0 Å². The largest absolute Gasteiger partial charge is 0.494 e. The van der Waals surface area contributed by atoms with E-state index in [4.69, 9.17) is 9.72 Å². The van der Waals surface area contributed by atoms with Crippen molar-refractivity contribution in [3.05, 3.63) is 48.3 Å². The fraction of sp³-hybridized carbons (Fsp3) is 0.560. The second-order valence-corrected chi connectivity index (χ2v) is 8.00. The number of nitrogens with zero attached hydrogens (tertiary/aromatic N) is 1. The molecule has 0 amide bonds. The topological polar surface area (TPSA) is 22.1 Å². The highest BCUT2D eigenvalue weighted by atomic mass is 16.5. The molecule has 1 heterocycles. The van der Waals surface area contributed by atoms with Gasteiger partial charge in [0.2, 0.25) is 0 Å². The minimum Gasteiger partial charge on any atom is -0.494 e. The molecule has 3 rings (SSSR count). The zero-order valence-electron chi connectivity index (χ0n) is 17.1. The van der Waals surface area contributed by atoms with Gasteiger partial charge in [-0.2, -0.15) is 0 Å². The zero-order chi connectivity index (χ0) is 18.9. The van der Waals surface area contributed by atoms with Gasteiger partial charge in [-0.3, -0.25) is 4.98 Å². The molecular formula is C25H35NO. The molecule has 146 valence electrons. The second kappa shape index (κ2) is 10.5. The van der Waals surface area contributed by atoms with Crippen LogP contribution in [0.25, 0.3) is 11.1 Å². The third kappa shape index (κ3) is 5.82. The van der Waals surface area contributed by atoms with Crippen LogP contribution in [-0.4, -0.2) is 11.6 Å². The average molecular weight is 366 g/mol. The number of unbranched alkanes of at least 4 members (excludes halogenated alkanes) is 3. The van der Waals surface area contributed by atoms with Crippen molar-refractivity contribution in [1.29, 1.82) is 0 Å². The van der Waals surface area contributed by atoms with Crippen LogP contribution in [-0.2, 0) is 0 Å². The van der Waals surface area contributed by atoms with Crippen LogP contribution in [0.4, 0.5) is 0 Å². The van der Waals surface area contributed by atoms with E-state index in [1.807, 2.05) is 25.3 Å². The summed E-state index contributed by atoms with van der Waals surface area (Å²) >= 11 is 0. The summed E-state index contributed by atoms with van der Waals surface area (Å²) in [5.74, 6) is 2.55. The maximum atomic E-state index is 5.52. The first kappa shape index (κ1) is 19.9. The molecule has 1 saturated carbocycles. The second-order valence-electron chi connectivity index (χ2n) is 8.00. The lowest BCUT2D eigenvalue weighted by Gasteiger charge is -2.28. The molecule has 1 aliphatic rings. The highest BCUT2D eigenvalue weighted by molar-refractivity contribution is 5.63. The summed E-state index contributed by atoms with van der Waals surface area (Å²) < 4.78 is 5.52. The third-order valence-corrected chi connectivity index (χ3v) is 6.02. The van der Waals surface area contributed by atoms with Crippen molar-refractivity contribution in [3.8, 4) is 16.9 Å². The van der Waals surface area contributed by atoms with Gasteiger partial charge < -0.3 is 4.74 Å². The average Bonchev–Trinajstić information content (AvgIpc) is 2.73. The summed E-state index contributed by atoms with van der Waals surface area (Å²) in [5, 5.41) is 0. The molecule has 1 aromatic heterocycles. The SMILES string of the molecule is CCCCCCC1CCC(c2ccc(-c3ccc(OCC)cc3)cn2)CC1. The molecular weight excluding hydrogens is 330 g/mol. The Hall–Kier alpha value is -1.83. The lowest BCUT2D eigenvalue weighted by atomic mass is 9.78. The predicted octanol–water partition coefficient (Wildman–Crippen LogP) is 7.39. The van der Waals surface area contributed by atoms with Gasteiger partial charge in [0.15, 0.2) is 0 Å². The Bertz CT molecular complexity index is 654. The number of hydrogen-bond acceptors (Lipinski definition) is 2. The first-order chi connectivity index (χ1) is 13.3. The Morgan fingerprint density at radius 1 is 0.852 bits per heavy atom. The van der Waals surface area contributed by atoms with Gasteiger partial charge in [-0.1, -0.05) is 57.2 Å². The number of rotatable bonds is 9. The molecule has 2 nitrogen and oxygen atoms in total. The lowest BCUT2D eigenvalue weighted by molar-refractivity contribution is 0.299. The number of pyridine rings is 1. The van der Waals surface area contributed by atoms with Gasteiger partial charge in [0, 0.05) is 23.4 Å². The molecule has 0 aliphatic heterocycles. The summed E-state index contributed by atoms with van der Waals surface area (Å²) in [6.45, 7) is 5.01. The molecule has 0 saturated heterocycles. The van der Waals surface area contributed by atoms with Gasteiger partial charge in [0.1, 0.15) is 5.75 Å². The van der Waals surface area contributed by atoms with Gasteiger partial charge >= 0.3 is 0 Å². The molecule has 0 spiro atoms. The van der Waals surface area contributed by atoms with Crippen LogP contribution in [0.1, 0.15) is 83.2 Å². The summed E-state index contributed by atoms with van der Waals surface area (Å²) in [6, 6.07) is 12.8. The van der Waals surface area contributed by atoms with E-state index >= 15 is 0 Å². The third-order valence-electron chi connectivity index (χ3n) is 6.02. The number of ether oxygens (including phenoxy) is 1. The van der Waals surface area contributed by atoms with Crippen LogP contribution in [0.15, 0.2) is 42.6 Å². The Morgan fingerprint density at radius 2 is 1.59 bits per heavy atom. The Balaban J connectivity index is 1.50. The highest BCUT2D eigenvalue weighted by Crippen LogP contribution is 2.37. The molecule has 2 aromatic rings. The summed E-state index contributed by atoms with van der Waals surface area (Å²) in [7, 11) is 0. The van der Waals surface area contributed by atoms with E-state index in [9.17, 15) is 0 Å². The van der Waals surface area contributed by atoms with Crippen molar-refractivity contribution in [2.24, 2.45) is 5.92 Å². The minimum absolute atomic E-state index is 0.659. The lowest BCUT2D eigenvalue weighted by Crippen LogP contribution is -2.14. The van der Waals surface area contributed by atoms with Gasteiger partial charge in [-0.15, -0.1) is 0 Å². The van der Waals surface area contributed by atoms with E-state index in [0.29, 0.717) is 12.5 Å². The van der Waals surface area contributed by atoms with Gasteiger partial charge in [0.05, 0.1) is 6.61 Å². The smallest absolute Gasteiger partial charge is 0.119 e. The zero-order valence-corrected chi connectivity index (χ0v) is 17.1. The Labute approximate surface area is 165 Å². The molecule has 0 atom stereocenters. The van der Waals surface area contributed by atoms with Crippen molar-refractivity contribution < 1.29 is 4.74 Å². The van der Waals surface area contributed by atoms with Crippen LogP contribution < -0.4 is 4.74 Å². The fourth-order valence-electron chi connectivity index (χ4n) is 4.33. The van der Waals surface area contributed by atoms with E-state index in [1.165, 1.54) is 74.6 Å². The minimum atomic E-state index is 0.659. The molecule has 1 aliphatic carbocycles. The quantitative estimate of drug-likeness (QED) is 0.432. The van der Waals surface area contributed by atoms with Gasteiger partial charge in [-0.05, 0) is 62.3 Å². The summed E-state index contributed by atoms with van der Waals surface area (Å²) in [6.07, 6.45) is 14.5. The van der Waals surface area contributed by atoms with E-state index in [-0.39, 0.29) is 0 Å². The molecule has 0 N–H and O–H groups in total. The molecule has 0 unspecified atom stereocenters. The van der Waals surface area contributed by atoms with Crippen LogP contribution >= 0.6 is 0 Å². The van der Waals surface area contributed by atoms with Crippen molar-refractivity contribution in [2.75, 3.05) is 6.61 Å². The standard InChI is InChI=1S/C25H35NO/c1-3-5-6-7-8-20-9-11-22(12-10-20)25-18-15-23(19-26-25)21-13-16-24(17-14-21)27-4-2/h13-20,22H,3-12H2,1-2H3. The molecule has 2 heteroatoms. The van der Waals surface area contributed by atoms with E-state index in [2.05, 4.69) is 31.2 Å². The number of hydrogen-bond donors (Lipinski definition) is 0. The molecule has 1 fully saturated rings. The van der Waals surface area contributed by atoms with E-state index in [1.54, 1.807) is 0 Å². The first-order valence-electron chi connectivity index (χ1n) is 11.0. The van der Waals surface area contributed by atoms with E-state index in [0.717, 1.165) is 11.7 Å². The highest BCUT2D eigenvalue weighted by Gasteiger charge is 2.22. The van der Waals surface area contributed by atoms with Crippen LogP contribution in [0.2, 0.25) is 0 Å². The van der Waals surface area contributed by atoms with Crippen LogP contribution in [0, 0.1) is 5.92 Å². The van der Waals surface area contributed by atoms with Crippen LogP contribution in [0.5, 0.6) is 5.75 Å².